The van der Waals surface area contributed by atoms with Crippen molar-refractivity contribution in [2.24, 2.45) is 0 Å². The third-order valence-electron chi connectivity index (χ3n) is 2.36. The van der Waals surface area contributed by atoms with Crippen LogP contribution in [0, 0.1) is 0 Å². The molecule has 0 amide bonds. The second kappa shape index (κ2) is 7.04. The first kappa shape index (κ1) is 15.4. The Hall–Kier alpha value is -0.680. The Bertz CT molecular complexity index is 456. The highest BCUT2D eigenvalue weighted by Crippen LogP contribution is 2.19. The minimum atomic E-state index is -0.463. The van der Waals surface area contributed by atoms with Crippen LogP contribution in [0.25, 0.3) is 0 Å². The van der Waals surface area contributed by atoms with Crippen LogP contribution in [-0.2, 0) is 10.1 Å². The predicted molar refractivity (Wildman–Crippen MR) is 77.7 cm³/mol. The standard InChI is InChI=1S/C13H14Br2O3/c1-3-18-13(17)10-5-4-9(7-14)6-11(10)12(16)8(2)15/h4-6,8H,3,7H2,1-2H3. The van der Waals surface area contributed by atoms with E-state index in [1.165, 1.54) is 0 Å². The summed E-state index contributed by atoms with van der Waals surface area (Å²) in [5.41, 5.74) is 1.66. The normalized spacial score (nSPS) is 12.0. The summed E-state index contributed by atoms with van der Waals surface area (Å²) in [6.07, 6.45) is 0. The van der Waals surface area contributed by atoms with Crippen molar-refractivity contribution < 1.29 is 14.3 Å². The van der Waals surface area contributed by atoms with Gasteiger partial charge in [-0.1, -0.05) is 37.9 Å². The molecule has 0 aliphatic carbocycles. The van der Waals surface area contributed by atoms with Crippen LogP contribution in [0.4, 0.5) is 0 Å². The average Bonchev–Trinajstić information content (AvgIpc) is 2.37. The number of ketones is 1. The maximum Gasteiger partial charge on any atom is 0.338 e. The zero-order chi connectivity index (χ0) is 13.7. The summed E-state index contributed by atoms with van der Waals surface area (Å²) in [6, 6.07) is 5.16. The zero-order valence-electron chi connectivity index (χ0n) is 10.2. The largest absolute Gasteiger partial charge is 0.462 e. The SMILES string of the molecule is CCOC(=O)c1ccc(CBr)cc1C(=O)C(C)Br. The smallest absolute Gasteiger partial charge is 0.338 e. The Morgan fingerprint density at radius 2 is 2.00 bits per heavy atom. The van der Waals surface area contributed by atoms with Crippen LogP contribution >= 0.6 is 31.9 Å². The van der Waals surface area contributed by atoms with Gasteiger partial charge < -0.3 is 4.74 Å². The molecule has 1 unspecified atom stereocenters. The molecule has 0 fully saturated rings. The zero-order valence-corrected chi connectivity index (χ0v) is 13.4. The lowest BCUT2D eigenvalue weighted by atomic mass is 9.99. The van der Waals surface area contributed by atoms with Crippen LogP contribution in [0.3, 0.4) is 0 Å². The van der Waals surface area contributed by atoms with Gasteiger partial charge >= 0.3 is 5.97 Å². The van der Waals surface area contributed by atoms with E-state index in [0.29, 0.717) is 16.5 Å². The molecule has 0 saturated carbocycles. The molecule has 1 aromatic carbocycles. The van der Waals surface area contributed by atoms with Crippen molar-refractivity contribution >= 4 is 43.6 Å². The summed E-state index contributed by atoms with van der Waals surface area (Å²) in [7, 11) is 0. The van der Waals surface area contributed by atoms with Crippen LogP contribution in [0.1, 0.15) is 40.1 Å². The Kier molecular flexibility index (Phi) is 6.02. The number of ether oxygens (including phenoxy) is 1. The first-order valence-corrected chi connectivity index (χ1v) is 7.59. The van der Waals surface area contributed by atoms with E-state index in [2.05, 4.69) is 31.9 Å². The molecule has 18 heavy (non-hydrogen) atoms. The number of Topliss-reactive ketones (excluding diaryl/α,β-unsaturated/α-hetero) is 1. The molecule has 0 aromatic heterocycles. The lowest BCUT2D eigenvalue weighted by molar-refractivity contribution is 0.0523. The number of alkyl halides is 2. The van der Waals surface area contributed by atoms with E-state index >= 15 is 0 Å². The molecular weight excluding hydrogens is 364 g/mol. The van der Waals surface area contributed by atoms with Crippen molar-refractivity contribution in [2.75, 3.05) is 6.61 Å². The second-order valence-electron chi connectivity index (χ2n) is 3.71. The van der Waals surface area contributed by atoms with E-state index in [0.717, 1.165) is 5.56 Å². The highest BCUT2D eigenvalue weighted by molar-refractivity contribution is 9.10. The van der Waals surface area contributed by atoms with Gasteiger partial charge in [0, 0.05) is 10.9 Å². The summed E-state index contributed by atoms with van der Waals surface area (Å²) in [5, 5.41) is 0.632. The van der Waals surface area contributed by atoms with Gasteiger partial charge in [0.1, 0.15) is 0 Å². The second-order valence-corrected chi connectivity index (χ2v) is 5.65. The fourth-order valence-corrected chi connectivity index (χ4v) is 2.07. The molecule has 0 bridgehead atoms. The van der Waals surface area contributed by atoms with Crippen molar-refractivity contribution in [3.63, 3.8) is 0 Å². The minimum Gasteiger partial charge on any atom is -0.462 e. The van der Waals surface area contributed by atoms with E-state index < -0.39 is 5.97 Å². The van der Waals surface area contributed by atoms with Crippen LogP contribution in [0.5, 0.6) is 0 Å². The summed E-state index contributed by atoms with van der Waals surface area (Å²) < 4.78 is 4.95. The molecule has 0 aliphatic heterocycles. The molecule has 5 heteroatoms. The van der Waals surface area contributed by atoms with E-state index in [1.54, 1.807) is 32.0 Å². The number of carbonyl (C=O) groups is 2. The number of rotatable bonds is 5. The van der Waals surface area contributed by atoms with E-state index in [9.17, 15) is 9.59 Å². The van der Waals surface area contributed by atoms with Crippen molar-refractivity contribution in [1.29, 1.82) is 0 Å². The van der Waals surface area contributed by atoms with Crippen LogP contribution in [0.2, 0.25) is 0 Å². The monoisotopic (exact) mass is 376 g/mol. The van der Waals surface area contributed by atoms with Crippen LogP contribution in [0.15, 0.2) is 18.2 Å². The minimum absolute atomic E-state index is 0.124. The molecule has 0 radical (unpaired) electrons. The molecular formula is C13H14Br2O3. The fourth-order valence-electron chi connectivity index (χ4n) is 1.48. The van der Waals surface area contributed by atoms with Gasteiger partial charge in [-0.15, -0.1) is 0 Å². The van der Waals surface area contributed by atoms with Crippen LogP contribution in [-0.4, -0.2) is 23.2 Å². The van der Waals surface area contributed by atoms with Gasteiger partial charge in [0.25, 0.3) is 0 Å². The molecule has 0 N–H and O–H groups in total. The molecule has 98 valence electrons. The lowest BCUT2D eigenvalue weighted by Crippen LogP contribution is -2.17. The van der Waals surface area contributed by atoms with Gasteiger partial charge in [-0.3, -0.25) is 4.79 Å². The lowest BCUT2D eigenvalue weighted by Gasteiger charge is -2.10. The third-order valence-corrected chi connectivity index (χ3v) is 3.42. The number of hydrogen-bond donors (Lipinski definition) is 0. The molecule has 0 heterocycles. The quantitative estimate of drug-likeness (QED) is 0.446. The number of carbonyl (C=O) groups excluding carboxylic acids is 2. The Balaban J connectivity index is 3.24. The molecule has 1 aromatic rings. The number of hydrogen-bond acceptors (Lipinski definition) is 3. The number of esters is 1. The molecule has 0 saturated heterocycles. The first-order chi connectivity index (χ1) is 8.51. The fraction of sp³-hybridized carbons (Fsp3) is 0.385. The topological polar surface area (TPSA) is 43.4 Å². The van der Waals surface area contributed by atoms with Gasteiger partial charge in [-0.2, -0.15) is 0 Å². The summed E-state index contributed by atoms with van der Waals surface area (Å²) in [4.78, 5) is 23.5. The van der Waals surface area contributed by atoms with E-state index in [1.807, 2.05) is 0 Å². The number of benzene rings is 1. The Morgan fingerprint density at radius 1 is 1.33 bits per heavy atom. The Labute approximate surface area is 123 Å². The van der Waals surface area contributed by atoms with Crippen molar-refractivity contribution in [1.82, 2.24) is 0 Å². The highest BCUT2D eigenvalue weighted by atomic mass is 79.9. The third kappa shape index (κ3) is 3.65. The van der Waals surface area contributed by atoms with Crippen molar-refractivity contribution in [3.8, 4) is 0 Å². The van der Waals surface area contributed by atoms with Crippen molar-refractivity contribution in [2.45, 2.75) is 24.0 Å². The molecule has 1 rings (SSSR count). The maximum absolute atomic E-state index is 12.1. The van der Waals surface area contributed by atoms with Gasteiger partial charge in [-0.25, -0.2) is 4.79 Å². The highest BCUT2D eigenvalue weighted by Gasteiger charge is 2.21. The molecule has 1 atom stereocenters. The summed E-state index contributed by atoms with van der Waals surface area (Å²) in [6.45, 7) is 3.76. The first-order valence-electron chi connectivity index (χ1n) is 5.55. The molecule has 0 aliphatic rings. The van der Waals surface area contributed by atoms with E-state index in [-0.39, 0.29) is 17.2 Å². The molecule has 0 spiro atoms. The van der Waals surface area contributed by atoms with Crippen LogP contribution < -0.4 is 0 Å². The average molecular weight is 378 g/mol. The summed E-state index contributed by atoms with van der Waals surface area (Å²) in [5.74, 6) is -0.587. The van der Waals surface area contributed by atoms with Gasteiger partial charge in [0.05, 0.1) is 17.0 Å². The summed E-state index contributed by atoms with van der Waals surface area (Å²) >= 11 is 6.56. The van der Waals surface area contributed by atoms with Gasteiger partial charge in [-0.05, 0) is 31.5 Å². The Morgan fingerprint density at radius 3 is 2.50 bits per heavy atom. The predicted octanol–water partition coefficient (Wildman–Crippen LogP) is 3.72. The number of halogens is 2. The molecule has 3 nitrogen and oxygen atoms in total. The van der Waals surface area contributed by atoms with Gasteiger partial charge in [0.15, 0.2) is 5.78 Å². The van der Waals surface area contributed by atoms with E-state index in [4.69, 9.17) is 4.74 Å². The maximum atomic E-state index is 12.1. The van der Waals surface area contributed by atoms with Crippen molar-refractivity contribution in [3.05, 3.63) is 34.9 Å². The van der Waals surface area contributed by atoms with Gasteiger partial charge in [0.2, 0.25) is 0 Å².